The maximum Gasteiger partial charge on any atom is 0.00102 e. The van der Waals surface area contributed by atoms with E-state index >= 15 is 0 Å². The maximum absolute atomic E-state index is 2.35. The highest BCUT2D eigenvalue weighted by Crippen LogP contribution is 2.40. The van der Waals surface area contributed by atoms with Crippen LogP contribution in [0.15, 0.2) is 146 Å². The smallest absolute Gasteiger partial charge is 0.00102 e. The molecule has 0 heterocycles. The maximum atomic E-state index is 2.35. The van der Waals surface area contributed by atoms with E-state index in [-0.39, 0.29) is 7.92 Å². The zero-order chi connectivity index (χ0) is 23.7. The molecule has 0 unspecified atom stereocenters. The van der Waals surface area contributed by atoms with Gasteiger partial charge < -0.3 is 0 Å². The van der Waals surface area contributed by atoms with Gasteiger partial charge in [-0.15, -0.1) is 0 Å². The zero-order valence-electron chi connectivity index (χ0n) is 19.9. The molecule has 0 bridgehead atoms. The number of hydrogen-bond acceptors (Lipinski definition) is 0. The molecular weight excluding hydrogens is 458 g/mol. The number of aryl methyl sites for hydroxylation is 1. The van der Waals surface area contributed by atoms with Crippen LogP contribution in [0, 0.1) is 0 Å². The van der Waals surface area contributed by atoms with Crippen molar-refractivity contribution in [3.05, 3.63) is 157 Å². The first-order valence-corrected chi connectivity index (χ1v) is 15.3. The lowest BCUT2D eigenvalue weighted by atomic mass is 10.1. The first kappa shape index (κ1) is 23.7. The zero-order valence-corrected chi connectivity index (χ0v) is 21.7. The number of rotatable bonds is 9. The molecule has 0 spiro atoms. The van der Waals surface area contributed by atoms with Crippen molar-refractivity contribution in [3.63, 3.8) is 0 Å². The minimum absolute atomic E-state index is 0.390. The van der Waals surface area contributed by atoms with Crippen molar-refractivity contribution < 1.29 is 0 Å². The third-order valence-electron chi connectivity index (χ3n) is 6.32. The summed E-state index contributed by atoms with van der Waals surface area (Å²) in [6.07, 6.45) is 3.33. The molecule has 0 radical (unpaired) electrons. The Morgan fingerprint density at radius 3 is 1.11 bits per heavy atom. The molecule has 0 nitrogen and oxygen atoms in total. The monoisotopic (exact) mass is 488 g/mol. The first-order chi connectivity index (χ1) is 17.4. The fraction of sp³-hybridized carbons (Fsp3) is 0.0909. The largest absolute Gasteiger partial charge is 0.0622 e. The van der Waals surface area contributed by atoms with Gasteiger partial charge in [-0.1, -0.05) is 146 Å². The van der Waals surface area contributed by atoms with Gasteiger partial charge in [-0.3, -0.25) is 0 Å². The molecule has 5 aromatic carbocycles. The Bertz CT molecular complexity index is 1220. The van der Waals surface area contributed by atoms with Gasteiger partial charge in [0.25, 0.3) is 0 Å². The summed E-state index contributed by atoms with van der Waals surface area (Å²) in [5.74, 6) is 0. The summed E-state index contributed by atoms with van der Waals surface area (Å²) in [7, 11) is -0.841. The van der Waals surface area contributed by atoms with E-state index in [0.29, 0.717) is 0 Å². The molecule has 0 aromatic heterocycles. The highest BCUT2D eigenvalue weighted by Gasteiger charge is 2.18. The standard InChI is InChI=1S/C33H30P2/c1-5-17-30(18-6-1)34(31-19-7-2-8-20-31)26-25-28-15-13-14-16-29(28)27-35(32-21-9-3-10-22-32)33-23-11-4-12-24-33/h1-24H,25-27H2. The second-order valence-corrected chi connectivity index (χ2v) is 13.1. The van der Waals surface area contributed by atoms with Crippen molar-refractivity contribution in [3.8, 4) is 0 Å². The number of hydrogen-bond donors (Lipinski definition) is 0. The van der Waals surface area contributed by atoms with Crippen molar-refractivity contribution in [1.82, 2.24) is 0 Å². The fourth-order valence-electron chi connectivity index (χ4n) is 4.53. The van der Waals surface area contributed by atoms with E-state index in [0.717, 1.165) is 18.7 Å². The minimum atomic E-state index is -0.452. The predicted octanol–water partition coefficient (Wildman–Crippen LogP) is 6.99. The predicted molar refractivity (Wildman–Crippen MR) is 157 cm³/mol. The van der Waals surface area contributed by atoms with Crippen LogP contribution in [0.25, 0.3) is 0 Å². The van der Waals surface area contributed by atoms with Gasteiger partial charge in [0.1, 0.15) is 0 Å². The van der Waals surface area contributed by atoms with Crippen LogP contribution in [0.5, 0.6) is 0 Å². The van der Waals surface area contributed by atoms with Crippen LogP contribution in [0.3, 0.4) is 0 Å². The highest BCUT2D eigenvalue weighted by molar-refractivity contribution is 7.73. The van der Waals surface area contributed by atoms with Gasteiger partial charge >= 0.3 is 0 Å². The second kappa shape index (κ2) is 12.1. The highest BCUT2D eigenvalue weighted by atomic mass is 31.1. The molecule has 0 aliphatic heterocycles. The third kappa shape index (κ3) is 6.15. The van der Waals surface area contributed by atoms with Crippen LogP contribution in [0.4, 0.5) is 0 Å². The number of benzene rings is 5. The Morgan fingerprint density at radius 1 is 0.343 bits per heavy atom. The van der Waals surface area contributed by atoms with Gasteiger partial charge in [-0.05, 0) is 60.8 Å². The molecule has 5 rings (SSSR count). The van der Waals surface area contributed by atoms with E-state index in [1.165, 1.54) is 32.3 Å². The van der Waals surface area contributed by atoms with Crippen LogP contribution < -0.4 is 21.2 Å². The molecule has 0 aliphatic rings. The van der Waals surface area contributed by atoms with Crippen molar-refractivity contribution >= 4 is 37.1 Å². The van der Waals surface area contributed by atoms with Gasteiger partial charge in [0.15, 0.2) is 0 Å². The van der Waals surface area contributed by atoms with Crippen LogP contribution in [0.2, 0.25) is 0 Å². The first-order valence-electron chi connectivity index (χ1n) is 12.2. The molecule has 0 fully saturated rings. The third-order valence-corrected chi connectivity index (χ3v) is 11.3. The molecule has 0 aliphatic carbocycles. The fourth-order valence-corrected chi connectivity index (χ4v) is 9.25. The van der Waals surface area contributed by atoms with E-state index in [4.69, 9.17) is 0 Å². The summed E-state index contributed by atoms with van der Waals surface area (Å²) < 4.78 is 0. The van der Waals surface area contributed by atoms with Gasteiger partial charge in [0.05, 0.1) is 0 Å². The Morgan fingerprint density at radius 2 is 0.686 bits per heavy atom. The lowest BCUT2D eigenvalue weighted by Gasteiger charge is -2.22. The molecule has 0 atom stereocenters. The molecule has 0 N–H and O–H groups in total. The van der Waals surface area contributed by atoms with Crippen LogP contribution in [0.1, 0.15) is 11.1 Å². The normalized spacial score (nSPS) is 11.1. The molecule has 0 amide bonds. The summed E-state index contributed by atoms with van der Waals surface area (Å²) in [6.45, 7) is 0. The Kier molecular flexibility index (Phi) is 8.18. The van der Waals surface area contributed by atoms with E-state index in [1.807, 2.05) is 0 Å². The quantitative estimate of drug-likeness (QED) is 0.196. The van der Waals surface area contributed by atoms with Crippen LogP contribution >= 0.6 is 15.8 Å². The summed E-state index contributed by atoms with van der Waals surface area (Å²) in [4.78, 5) is 0. The van der Waals surface area contributed by atoms with Crippen molar-refractivity contribution in [2.24, 2.45) is 0 Å². The molecular formula is C33H30P2. The lowest BCUT2D eigenvalue weighted by Crippen LogP contribution is -2.16. The van der Waals surface area contributed by atoms with Crippen molar-refractivity contribution in [1.29, 1.82) is 0 Å². The van der Waals surface area contributed by atoms with Gasteiger partial charge in [-0.25, -0.2) is 0 Å². The molecule has 172 valence electrons. The average Bonchev–Trinajstić information content (AvgIpc) is 2.94. The Labute approximate surface area is 212 Å². The van der Waals surface area contributed by atoms with Crippen molar-refractivity contribution in [2.75, 3.05) is 6.16 Å². The topological polar surface area (TPSA) is 0 Å². The van der Waals surface area contributed by atoms with Crippen LogP contribution in [-0.2, 0) is 12.6 Å². The van der Waals surface area contributed by atoms with E-state index in [1.54, 1.807) is 0 Å². The van der Waals surface area contributed by atoms with E-state index in [9.17, 15) is 0 Å². The summed E-state index contributed by atoms with van der Waals surface area (Å²) in [5.41, 5.74) is 2.98. The van der Waals surface area contributed by atoms with E-state index < -0.39 is 7.92 Å². The molecule has 2 heteroatoms. The lowest BCUT2D eigenvalue weighted by molar-refractivity contribution is 1.11. The molecule has 5 aromatic rings. The SMILES string of the molecule is c1ccc(P(CCc2ccccc2CP(c2ccccc2)c2ccccc2)c2ccccc2)cc1. The van der Waals surface area contributed by atoms with E-state index in [2.05, 4.69) is 146 Å². The van der Waals surface area contributed by atoms with Crippen molar-refractivity contribution in [2.45, 2.75) is 12.6 Å². The minimum Gasteiger partial charge on any atom is -0.0622 e. The van der Waals surface area contributed by atoms with Gasteiger partial charge in [-0.2, -0.15) is 0 Å². The Hall–Kier alpha value is -3.04. The average molecular weight is 489 g/mol. The molecule has 0 saturated heterocycles. The van der Waals surface area contributed by atoms with Gasteiger partial charge in [0, 0.05) is 6.16 Å². The second-order valence-electron chi connectivity index (χ2n) is 8.60. The summed E-state index contributed by atoms with van der Waals surface area (Å²) in [6, 6.07) is 53.4. The molecule has 0 saturated carbocycles. The van der Waals surface area contributed by atoms with Crippen LogP contribution in [-0.4, -0.2) is 6.16 Å². The van der Waals surface area contributed by atoms with Gasteiger partial charge in [0.2, 0.25) is 0 Å². The summed E-state index contributed by atoms with van der Waals surface area (Å²) in [5, 5.41) is 5.81. The molecule has 35 heavy (non-hydrogen) atoms. The Balaban J connectivity index is 1.42. The summed E-state index contributed by atoms with van der Waals surface area (Å²) >= 11 is 0.